The van der Waals surface area contributed by atoms with Gasteiger partial charge in [-0.05, 0) is 25.1 Å². The van der Waals surface area contributed by atoms with Gasteiger partial charge in [-0.2, -0.15) is 0 Å². The first-order chi connectivity index (χ1) is 11.9. The molecular formula is C19H22N5O+. The lowest BCUT2D eigenvalue weighted by Gasteiger charge is -2.07. The molecule has 2 aromatic rings. The van der Waals surface area contributed by atoms with E-state index in [1.165, 1.54) is 0 Å². The Kier molecular flexibility index (Phi) is 4.27. The van der Waals surface area contributed by atoms with E-state index in [0.29, 0.717) is 17.1 Å². The molecule has 1 aliphatic rings. The van der Waals surface area contributed by atoms with Crippen LogP contribution in [0.2, 0.25) is 0 Å². The zero-order valence-electron chi connectivity index (χ0n) is 14.9. The maximum Gasteiger partial charge on any atom is 0.297 e. The molecular weight excluding hydrogens is 314 g/mol. The summed E-state index contributed by atoms with van der Waals surface area (Å²) in [5, 5.41) is 0. The topological polar surface area (TPSA) is 68.3 Å². The van der Waals surface area contributed by atoms with Crippen LogP contribution in [0.1, 0.15) is 5.69 Å². The van der Waals surface area contributed by atoms with E-state index in [9.17, 15) is 4.79 Å². The van der Waals surface area contributed by atoms with Crippen molar-refractivity contribution in [2.75, 3.05) is 14.1 Å². The fourth-order valence-electron chi connectivity index (χ4n) is 2.73. The van der Waals surface area contributed by atoms with Crippen molar-refractivity contribution in [3.8, 4) is 5.69 Å². The average molecular weight is 336 g/mol. The van der Waals surface area contributed by atoms with Crippen molar-refractivity contribution in [3.63, 3.8) is 0 Å². The normalized spacial score (nSPS) is 15.6. The first-order valence-corrected chi connectivity index (χ1v) is 8.02. The van der Waals surface area contributed by atoms with Gasteiger partial charge in [-0.3, -0.25) is 9.48 Å². The predicted octanol–water partition coefficient (Wildman–Crippen LogP) is 1.68. The monoisotopic (exact) mass is 336 g/mol. The minimum Gasteiger partial charge on any atom is -0.397 e. The van der Waals surface area contributed by atoms with Crippen LogP contribution in [-0.2, 0) is 7.05 Å². The van der Waals surface area contributed by atoms with Gasteiger partial charge in [-0.25, -0.2) is 14.2 Å². The van der Waals surface area contributed by atoms with Gasteiger partial charge in [0.2, 0.25) is 5.71 Å². The Morgan fingerprint density at radius 3 is 2.40 bits per heavy atom. The van der Waals surface area contributed by atoms with Crippen molar-refractivity contribution in [2.24, 2.45) is 17.8 Å². The number of aliphatic imine (C=N–C) groups is 1. The first-order valence-electron chi connectivity index (χ1n) is 8.02. The van der Waals surface area contributed by atoms with Crippen molar-refractivity contribution in [1.29, 1.82) is 0 Å². The van der Waals surface area contributed by atoms with E-state index in [1.807, 2.05) is 81.2 Å². The van der Waals surface area contributed by atoms with E-state index in [2.05, 4.69) is 4.99 Å². The number of nitrogens with zero attached hydrogens (tertiary/aromatic N) is 4. The van der Waals surface area contributed by atoms with Crippen molar-refractivity contribution in [1.82, 2.24) is 9.36 Å². The first kappa shape index (κ1) is 16.7. The molecule has 25 heavy (non-hydrogen) atoms. The lowest BCUT2D eigenvalue weighted by atomic mass is 10.1. The van der Waals surface area contributed by atoms with Gasteiger partial charge in [0.25, 0.3) is 5.56 Å². The quantitative estimate of drug-likeness (QED) is 0.670. The maximum absolute atomic E-state index is 12.9. The van der Waals surface area contributed by atoms with Crippen LogP contribution in [0.5, 0.6) is 0 Å². The molecule has 0 aliphatic heterocycles. The molecule has 6 heteroatoms. The Balaban J connectivity index is 2.12. The minimum absolute atomic E-state index is 0.165. The van der Waals surface area contributed by atoms with Gasteiger partial charge in [0.15, 0.2) is 5.69 Å². The van der Waals surface area contributed by atoms with Gasteiger partial charge in [0.05, 0.1) is 22.8 Å². The highest BCUT2D eigenvalue weighted by Gasteiger charge is 2.18. The molecule has 2 N–H and O–H groups in total. The molecule has 0 spiro atoms. The number of para-hydroxylation sites is 1. The highest BCUT2D eigenvalue weighted by Crippen LogP contribution is 2.18. The Labute approximate surface area is 146 Å². The van der Waals surface area contributed by atoms with Gasteiger partial charge < -0.3 is 5.73 Å². The molecule has 1 aliphatic carbocycles. The summed E-state index contributed by atoms with van der Waals surface area (Å²) in [6, 6.07) is 9.51. The molecule has 1 heterocycles. The molecule has 3 rings (SSSR count). The van der Waals surface area contributed by atoms with Gasteiger partial charge in [0.1, 0.15) is 14.1 Å². The standard InChI is InChI=1S/C19H21N5O/c1-13-18(21-17-11-10-15(22(2)3)12-16(17)20)19(25)24(23(13)4)14-8-6-5-7-9-14/h5-12,20H,1-4H3/p+1/b21-17+. The second-order valence-electron chi connectivity index (χ2n) is 6.16. The largest absolute Gasteiger partial charge is 0.397 e. The van der Waals surface area contributed by atoms with Crippen LogP contribution >= 0.6 is 0 Å². The molecule has 0 saturated heterocycles. The molecule has 0 fully saturated rings. The Morgan fingerprint density at radius 2 is 1.80 bits per heavy atom. The van der Waals surface area contributed by atoms with Crippen molar-refractivity contribution in [2.45, 2.75) is 6.92 Å². The smallest absolute Gasteiger partial charge is 0.297 e. The third-order valence-electron chi connectivity index (χ3n) is 4.28. The number of hydrogen-bond donors (Lipinski definition) is 1. The number of nitrogens with two attached hydrogens (primary N) is 1. The number of rotatable bonds is 2. The zero-order chi connectivity index (χ0) is 18.1. The summed E-state index contributed by atoms with van der Waals surface area (Å²) in [5.41, 5.74) is 10.1. The summed E-state index contributed by atoms with van der Waals surface area (Å²) < 4.78 is 5.38. The summed E-state index contributed by atoms with van der Waals surface area (Å²) in [6.45, 7) is 1.88. The molecule has 0 radical (unpaired) electrons. The lowest BCUT2D eigenvalue weighted by Crippen LogP contribution is -2.21. The second kappa shape index (κ2) is 6.39. The number of aromatic nitrogens is 2. The van der Waals surface area contributed by atoms with Gasteiger partial charge in [-0.15, -0.1) is 0 Å². The van der Waals surface area contributed by atoms with E-state index < -0.39 is 0 Å². The highest BCUT2D eigenvalue weighted by atomic mass is 16.1. The molecule has 0 bridgehead atoms. The maximum atomic E-state index is 12.9. The lowest BCUT2D eigenvalue weighted by molar-refractivity contribution is -0.462. The SMILES string of the molecule is Cc1c(/N=C2\C=CC(=[N+](C)C)C=C2N)c(=O)n(-c2ccccc2)n1C. The van der Waals surface area contributed by atoms with E-state index in [4.69, 9.17) is 5.73 Å². The molecule has 128 valence electrons. The summed E-state index contributed by atoms with van der Waals surface area (Å²) >= 11 is 0. The fourth-order valence-corrected chi connectivity index (χ4v) is 2.73. The summed E-state index contributed by atoms with van der Waals surface area (Å²) in [6.07, 6.45) is 5.62. The zero-order valence-corrected chi connectivity index (χ0v) is 14.9. The van der Waals surface area contributed by atoms with E-state index in [-0.39, 0.29) is 5.56 Å². The van der Waals surface area contributed by atoms with Gasteiger partial charge >= 0.3 is 0 Å². The van der Waals surface area contributed by atoms with Crippen LogP contribution in [0.4, 0.5) is 5.69 Å². The van der Waals surface area contributed by atoms with Gasteiger partial charge in [-0.1, -0.05) is 18.2 Å². The van der Waals surface area contributed by atoms with Crippen LogP contribution in [0, 0.1) is 6.92 Å². The molecule has 0 saturated carbocycles. The second-order valence-corrected chi connectivity index (χ2v) is 6.16. The molecule has 0 amide bonds. The predicted molar refractivity (Wildman–Crippen MR) is 101 cm³/mol. The Bertz CT molecular complexity index is 996. The van der Waals surface area contributed by atoms with Crippen LogP contribution in [0.3, 0.4) is 0 Å². The van der Waals surface area contributed by atoms with Crippen LogP contribution in [0.25, 0.3) is 5.69 Å². The number of hydrogen-bond acceptors (Lipinski definition) is 3. The molecule has 0 unspecified atom stereocenters. The molecule has 0 atom stereocenters. The molecule has 1 aromatic carbocycles. The van der Waals surface area contributed by atoms with Crippen LogP contribution in [-0.4, -0.2) is 39.5 Å². The van der Waals surface area contributed by atoms with E-state index >= 15 is 0 Å². The summed E-state index contributed by atoms with van der Waals surface area (Å²) in [5.74, 6) is 0. The number of allylic oxidation sites excluding steroid dienone is 3. The molecule has 1 aromatic heterocycles. The fraction of sp³-hybridized carbons (Fsp3) is 0.211. The van der Waals surface area contributed by atoms with Gasteiger partial charge in [0, 0.05) is 19.2 Å². The minimum atomic E-state index is -0.165. The summed E-state index contributed by atoms with van der Waals surface area (Å²) in [4.78, 5) is 17.5. The number of benzene rings is 1. The summed E-state index contributed by atoms with van der Waals surface area (Å²) in [7, 11) is 5.75. The third-order valence-corrected chi connectivity index (χ3v) is 4.28. The molecule has 6 nitrogen and oxygen atoms in total. The third kappa shape index (κ3) is 2.98. The highest BCUT2D eigenvalue weighted by molar-refractivity contribution is 6.20. The van der Waals surface area contributed by atoms with E-state index in [1.54, 1.807) is 9.36 Å². The van der Waals surface area contributed by atoms with Crippen molar-refractivity contribution >= 4 is 17.1 Å². The van der Waals surface area contributed by atoms with Crippen molar-refractivity contribution in [3.05, 3.63) is 70.3 Å². The van der Waals surface area contributed by atoms with E-state index in [0.717, 1.165) is 17.1 Å². The Morgan fingerprint density at radius 1 is 1.12 bits per heavy atom. The van der Waals surface area contributed by atoms with Crippen LogP contribution in [0.15, 0.2) is 64.0 Å². The van der Waals surface area contributed by atoms with Crippen LogP contribution < -0.4 is 11.3 Å². The average Bonchev–Trinajstić information content (AvgIpc) is 2.80. The Hall–Kier alpha value is -3.15. The van der Waals surface area contributed by atoms with Crippen molar-refractivity contribution < 1.29 is 4.58 Å².